The maximum atomic E-state index is 13.0. The van der Waals surface area contributed by atoms with Crippen LogP contribution in [0.1, 0.15) is 36.9 Å². The summed E-state index contributed by atoms with van der Waals surface area (Å²) in [5, 5.41) is 8.77. The predicted molar refractivity (Wildman–Crippen MR) is 114 cm³/mol. The zero-order valence-electron chi connectivity index (χ0n) is 16.2. The molecular weight excluding hydrogens is 405 g/mol. The van der Waals surface area contributed by atoms with Crippen LogP contribution >= 0.6 is 11.8 Å². The van der Waals surface area contributed by atoms with Crippen LogP contribution in [-0.2, 0) is 11.3 Å². The molecule has 0 bridgehead atoms. The molecule has 7 nitrogen and oxygen atoms in total. The number of carbonyl (C=O) groups excluding carboxylic acids is 2. The second-order valence-corrected chi connectivity index (χ2v) is 8.37. The summed E-state index contributed by atoms with van der Waals surface area (Å²) < 4.78 is 13.0. The number of halogens is 1. The zero-order chi connectivity index (χ0) is 20.9. The van der Waals surface area contributed by atoms with E-state index in [4.69, 9.17) is 0 Å². The minimum Gasteiger partial charge on any atom is -0.351 e. The monoisotopic (exact) mass is 427 g/mol. The van der Waals surface area contributed by atoms with Gasteiger partial charge < -0.3 is 10.6 Å². The summed E-state index contributed by atoms with van der Waals surface area (Å²) in [4.78, 5) is 32.0. The molecule has 1 saturated heterocycles. The fraction of sp³-hybridized carbons (Fsp3) is 0.333. The number of thioether (sulfide) groups is 1. The smallest absolute Gasteiger partial charge is 0.290 e. The molecule has 2 aromatic rings. The van der Waals surface area contributed by atoms with Crippen LogP contribution in [0.2, 0.25) is 0 Å². The third-order valence-electron chi connectivity index (χ3n) is 5.17. The Hall–Kier alpha value is -2.78. The van der Waals surface area contributed by atoms with Crippen molar-refractivity contribution in [1.82, 2.24) is 20.6 Å². The number of aromatic nitrogens is 2. The summed E-state index contributed by atoms with van der Waals surface area (Å²) in [6, 6.07) is 8.99. The normalized spacial score (nSPS) is 22.9. The fourth-order valence-electron chi connectivity index (χ4n) is 3.57. The lowest BCUT2D eigenvalue weighted by atomic mass is 9.91. The van der Waals surface area contributed by atoms with Crippen LogP contribution in [0.25, 0.3) is 6.08 Å². The molecule has 1 aliphatic heterocycles. The van der Waals surface area contributed by atoms with Gasteiger partial charge in [0.2, 0.25) is 5.95 Å². The minimum atomic E-state index is -0.399. The third kappa shape index (κ3) is 5.43. The molecule has 9 heteroatoms. The van der Waals surface area contributed by atoms with Gasteiger partial charge in [0.1, 0.15) is 5.82 Å². The lowest BCUT2D eigenvalue weighted by Crippen LogP contribution is -2.36. The number of rotatable bonds is 6. The van der Waals surface area contributed by atoms with Gasteiger partial charge in [-0.1, -0.05) is 12.1 Å². The van der Waals surface area contributed by atoms with Gasteiger partial charge in [0.15, 0.2) is 0 Å². The molecule has 2 amide bonds. The molecular formula is C21H22FN5O2S. The van der Waals surface area contributed by atoms with Crippen molar-refractivity contribution in [2.75, 3.05) is 5.32 Å². The highest BCUT2D eigenvalue weighted by molar-refractivity contribution is 8.18. The van der Waals surface area contributed by atoms with Gasteiger partial charge >= 0.3 is 0 Å². The molecule has 0 atom stereocenters. The van der Waals surface area contributed by atoms with Crippen molar-refractivity contribution in [1.29, 1.82) is 0 Å². The minimum absolute atomic E-state index is 0.216. The number of carbonyl (C=O) groups is 2. The highest BCUT2D eigenvalue weighted by Gasteiger charge is 2.25. The molecule has 2 aliphatic rings. The standard InChI is InChI=1S/C21H22FN5O2S/c22-14-3-1-13(2-4-14)12-24-15-5-7-16(8-6-15)25-20-23-10-9-17(26-20)11-18-19(28)27-21(29)30-18/h1-4,9-11,15-16,24H,5-8,12H2,(H,23,25,26)(H,27,28,29)/b18-11-/t15-,16-. The lowest BCUT2D eigenvalue weighted by Gasteiger charge is -2.29. The van der Waals surface area contributed by atoms with Crippen LogP contribution in [0, 0.1) is 5.82 Å². The van der Waals surface area contributed by atoms with Gasteiger partial charge in [0, 0.05) is 24.8 Å². The maximum absolute atomic E-state index is 13.0. The quantitative estimate of drug-likeness (QED) is 0.608. The summed E-state index contributed by atoms with van der Waals surface area (Å²) in [6.45, 7) is 0.733. The van der Waals surface area contributed by atoms with E-state index >= 15 is 0 Å². The first kappa shape index (κ1) is 20.5. The molecule has 0 spiro atoms. The fourth-order valence-corrected chi connectivity index (χ4v) is 4.23. The van der Waals surface area contributed by atoms with Gasteiger partial charge in [-0.3, -0.25) is 14.9 Å². The molecule has 0 radical (unpaired) electrons. The molecule has 4 rings (SSSR count). The third-order valence-corrected chi connectivity index (χ3v) is 5.98. The number of nitrogens with zero attached hydrogens (tertiary/aromatic N) is 2. The average Bonchev–Trinajstić information content (AvgIpc) is 3.05. The number of amides is 2. The SMILES string of the molecule is O=C1NC(=O)/C(=C/c2ccnc(N[C@H]3CC[C@H](NCc4ccc(F)cc4)CC3)n2)S1. The van der Waals surface area contributed by atoms with Crippen molar-refractivity contribution in [2.24, 2.45) is 0 Å². The van der Waals surface area contributed by atoms with Gasteiger partial charge in [-0.25, -0.2) is 14.4 Å². The van der Waals surface area contributed by atoms with Crippen molar-refractivity contribution in [3.8, 4) is 0 Å². The highest BCUT2D eigenvalue weighted by Crippen LogP contribution is 2.25. The Labute approximate surface area is 178 Å². The van der Waals surface area contributed by atoms with E-state index in [1.165, 1.54) is 12.1 Å². The van der Waals surface area contributed by atoms with Crippen molar-refractivity contribution in [3.05, 3.63) is 58.5 Å². The summed E-state index contributed by atoms with van der Waals surface area (Å²) in [5.41, 5.74) is 1.65. The number of hydrogen-bond donors (Lipinski definition) is 3. The second-order valence-electron chi connectivity index (χ2n) is 7.36. The first-order valence-electron chi connectivity index (χ1n) is 9.87. The number of benzene rings is 1. The zero-order valence-corrected chi connectivity index (χ0v) is 17.0. The van der Waals surface area contributed by atoms with Crippen LogP contribution < -0.4 is 16.0 Å². The predicted octanol–water partition coefficient (Wildman–Crippen LogP) is 3.45. The van der Waals surface area contributed by atoms with Crippen LogP contribution in [0.3, 0.4) is 0 Å². The Morgan fingerprint density at radius 1 is 1.10 bits per heavy atom. The van der Waals surface area contributed by atoms with Crippen molar-refractivity contribution in [2.45, 2.75) is 44.3 Å². The molecule has 1 aromatic heterocycles. The molecule has 1 aliphatic carbocycles. The van der Waals surface area contributed by atoms with Crippen LogP contribution in [-0.4, -0.2) is 33.2 Å². The molecule has 2 heterocycles. The van der Waals surface area contributed by atoms with E-state index in [-0.39, 0.29) is 17.1 Å². The summed E-state index contributed by atoms with van der Waals surface area (Å²) in [7, 11) is 0. The summed E-state index contributed by atoms with van der Waals surface area (Å²) in [6.07, 6.45) is 7.26. The van der Waals surface area contributed by atoms with Crippen molar-refractivity contribution >= 4 is 34.9 Å². The van der Waals surface area contributed by atoms with E-state index in [0.29, 0.717) is 22.6 Å². The summed E-state index contributed by atoms with van der Waals surface area (Å²) >= 11 is 0.869. The topological polar surface area (TPSA) is 96.0 Å². The van der Waals surface area contributed by atoms with Crippen LogP contribution in [0.5, 0.6) is 0 Å². The number of imide groups is 1. The Balaban J connectivity index is 1.27. The number of hydrogen-bond acceptors (Lipinski definition) is 7. The molecule has 156 valence electrons. The summed E-state index contributed by atoms with van der Waals surface area (Å²) in [5.74, 6) is -0.0991. The molecule has 3 N–H and O–H groups in total. The molecule has 2 fully saturated rings. The van der Waals surface area contributed by atoms with Crippen molar-refractivity contribution in [3.63, 3.8) is 0 Å². The second kappa shape index (κ2) is 9.36. The Morgan fingerprint density at radius 3 is 2.53 bits per heavy atom. The molecule has 1 saturated carbocycles. The van der Waals surface area contributed by atoms with E-state index in [1.54, 1.807) is 30.5 Å². The van der Waals surface area contributed by atoms with E-state index in [0.717, 1.165) is 49.6 Å². The lowest BCUT2D eigenvalue weighted by molar-refractivity contribution is -0.115. The van der Waals surface area contributed by atoms with Crippen molar-refractivity contribution < 1.29 is 14.0 Å². The van der Waals surface area contributed by atoms with Crippen LogP contribution in [0.15, 0.2) is 41.4 Å². The molecule has 30 heavy (non-hydrogen) atoms. The first-order valence-corrected chi connectivity index (χ1v) is 10.7. The first-order chi connectivity index (χ1) is 14.5. The Morgan fingerprint density at radius 2 is 1.83 bits per heavy atom. The highest BCUT2D eigenvalue weighted by atomic mass is 32.2. The van der Waals surface area contributed by atoms with Gasteiger partial charge in [-0.2, -0.15) is 0 Å². The van der Waals surface area contributed by atoms with Gasteiger partial charge in [0.05, 0.1) is 10.6 Å². The average molecular weight is 428 g/mol. The maximum Gasteiger partial charge on any atom is 0.290 e. The van der Waals surface area contributed by atoms with E-state index in [2.05, 4.69) is 25.9 Å². The number of nitrogens with one attached hydrogen (secondary N) is 3. The van der Waals surface area contributed by atoms with Gasteiger partial charge in [-0.15, -0.1) is 0 Å². The Bertz CT molecular complexity index is 958. The van der Waals surface area contributed by atoms with E-state index in [9.17, 15) is 14.0 Å². The molecule has 1 aromatic carbocycles. The van der Waals surface area contributed by atoms with E-state index in [1.807, 2.05) is 0 Å². The van der Waals surface area contributed by atoms with Crippen LogP contribution in [0.4, 0.5) is 15.1 Å². The van der Waals surface area contributed by atoms with Gasteiger partial charge in [-0.05, 0) is 67.3 Å². The van der Waals surface area contributed by atoms with Gasteiger partial charge in [0.25, 0.3) is 11.1 Å². The number of anilines is 1. The molecule has 0 unspecified atom stereocenters. The largest absolute Gasteiger partial charge is 0.351 e. The Kier molecular flexibility index (Phi) is 6.39. The van der Waals surface area contributed by atoms with E-state index < -0.39 is 5.91 Å².